The molecule has 3 amide bonds. The van der Waals surface area contributed by atoms with Crippen molar-refractivity contribution >= 4 is 75.4 Å². The van der Waals surface area contributed by atoms with E-state index in [-0.39, 0.29) is 13.2 Å². The molecule has 0 saturated carbocycles. The third kappa shape index (κ3) is 10.2. The third-order valence-electron chi connectivity index (χ3n) is 5.51. The first kappa shape index (κ1) is 32.2. The quantitative estimate of drug-likeness (QED) is 0.0991. The lowest BCUT2D eigenvalue weighted by atomic mass is 10.0. The molecule has 3 aromatic carbocycles. The highest BCUT2D eigenvalue weighted by molar-refractivity contribution is 14.1. The predicted octanol–water partition coefficient (Wildman–Crippen LogP) is 5.90. The van der Waals surface area contributed by atoms with Crippen LogP contribution in [0, 0.1) is 3.57 Å². The fourth-order valence-electron chi connectivity index (χ4n) is 3.53. The SMILES string of the molecule is CCOc1cc(/C=N\NC(=O)C(=O)NCc2ccc(C(C)C)cc2)cc(I)c1OCC(=O)Nc1cc(Cl)cc(Cl)c1. The summed E-state index contributed by atoms with van der Waals surface area (Å²) in [6.45, 7) is 6.29. The maximum Gasteiger partial charge on any atom is 0.329 e. The largest absolute Gasteiger partial charge is 0.490 e. The van der Waals surface area contributed by atoms with Crippen LogP contribution in [0.1, 0.15) is 43.4 Å². The first-order valence-corrected chi connectivity index (χ1v) is 14.4. The van der Waals surface area contributed by atoms with Crippen LogP contribution in [0.5, 0.6) is 11.5 Å². The number of halogens is 3. The van der Waals surface area contributed by atoms with Gasteiger partial charge in [-0.2, -0.15) is 5.10 Å². The Bertz CT molecular complexity index is 1410. The molecule has 0 heterocycles. The molecule has 0 bridgehead atoms. The molecule has 0 aliphatic rings. The molecule has 3 N–H and O–H groups in total. The molecule has 3 rings (SSSR count). The number of ether oxygens (including phenoxy) is 2. The lowest BCUT2D eigenvalue weighted by molar-refractivity contribution is -0.139. The standard InChI is InChI=1S/C29H29Cl2IN4O5/c1-4-40-25-10-19(9-24(32)27(25)41-16-26(37)35-23-12-21(30)11-22(31)13-23)15-34-36-29(39)28(38)33-14-18-5-7-20(8-6-18)17(2)3/h5-13,15,17H,4,14,16H2,1-3H3,(H,33,38)(H,35,37)(H,36,39)/b34-15-. The first-order chi connectivity index (χ1) is 19.5. The number of rotatable bonds is 11. The minimum atomic E-state index is -0.897. The van der Waals surface area contributed by atoms with Gasteiger partial charge in [-0.15, -0.1) is 0 Å². The molecule has 0 radical (unpaired) electrons. The van der Waals surface area contributed by atoms with Gasteiger partial charge in [-0.05, 0) is 82.5 Å². The van der Waals surface area contributed by atoms with Crippen molar-refractivity contribution in [2.45, 2.75) is 33.2 Å². The molecule has 0 atom stereocenters. The number of benzene rings is 3. The number of hydrogen-bond donors (Lipinski definition) is 3. The summed E-state index contributed by atoms with van der Waals surface area (Å²) in [4.78, 5) is 36.8. The van der Waals surface area contributed by atoms with Gasteiger partial charge in [0.25, 0.3) is 5.91 Å². The van der Waals surface area contributed by atoms with Crippen molar-refractivity contribution in [2.75, 3.05) is 18.5 Å². The Kier molecular flexibility index (Phi) is 12.2. The first-order valence-electron chi connectivity index (χ1n) is 12.6. The average Bonchev–Trinajstić information content (AvgIpc) is 2.91. The summed E-state index contributed by atoms with van der Waals surface area (Å²) >= 11 is 14.0. The molecule has 41 heavy (non-hydrogen) atoms. The van der Waals surface area contributed by atoms with E-state index < -0.39 is 17.7 Å². The van der Waals surface area contributed by atoms with Crippen LogP contribution in [0.15, 0.2) is 59.7 Å². The van der Waals surface area contributed by atoms with Crippen LogP contribution >= 0.6 is 45.8 Å². The van der Waals surface area contributed by atoms with Crippen molar-refractivity contribution in [2.24, 2.45) is 5.10 Å². The molecular formula is C29H29Cl2IN4O5. The average molecular weight is 711 g/mol. The number of carbonyl (C=O) groups excluding carboxylic acids is 3. The van der Waals surface area contributed by atoms with Crippen LogP contribution in [0.4, 0.5) is 5.69 Å². The molecule has 12 heteroatoms. The highest BCUT2D eigenvalue weighted by Gasteiger charge is 2.15. The number of anilines is 1. The van der Waals surface area contributed by atoms with Gasteiger partial charge < -0.3 is 20.1 Å². The number of nitrogens with zero attached hydrogens (tertiary/aromatic N) is 1. The summed E-state index contributed by atoms with van der Waals surface area (Å²) in [5.74, 6) is -0.957. The minimum absolute atomic E-state index is 0.219. The van der Waals surface area contributed by atoms with Crippen LogP contribution in [-0.2, 0) is 20.9 Å². The van der Waals surface area contributed by atoms with Crippen molar-refractivity contribution in [3.05, 3.63) is 84.9 Å². The van der Waals surface area contributed by atoms with E-state index in [0.717, 1.165) is 5.56 Å². The van der Waals surface area contributed by atoms with Crippen molar-refractivity contribution < 1.29 is 23.9 Å². The molecule has 0 saturated heterocycles. The highest BCUT2D eigenvalue weighted by Crippen LogP contribution is 2.34. The summed E-state index contributed by atoms with van der Waals surface area (Å²) in [5.41, 5.74) is 5.31. The zero-order valence-corrected chi connectivity index (χ0v) is 26.3. The summed E-state index contributed by atoms with van der Waals surface area (Å²) in [6, 6.07) is 15.9. The third-order valence-corrected chi connectivity index (χ3v) is 6.75. The van der Waals surface area contributed by atoms with E-state index in [1.807, 2.05) is 53.8 Å². The topological polar surface area (TPSA) is 118 Å². The highest BCUT2D eigenvalue weighted by atomic mass is 127. The molecule has 0 spiro atoms. The van der Waals surface area contributed by atoms with Crippen molar-refractivity contribution in [1.29, 1.82) is 0 Å². The van der Waals surface area contributed by atoms with Gasteiger partial charge in [-0.1, -0.05) is 61.3 Å². The van der Waals surface area contributed by atoms with Crippen molar-refractivity contribution in [3.63, 3.8) is 0 Å². The predicted molar refractivity (Wildman–Crippen MR) is 169 cm³/mol. The molecule has 0 fully saturated rings. The Morgan fingerprint density at radius 3 is 2.29 bits per heavy atom. The fraction of sp³-hybridized carbons (Fsp3) is 0.241. The Morgan fingerprint density at radius 2 is 1.66 bits per heavy atom. The Hall–Kier alpha value is -3.35. The van der Waals surface area contributed by atoms with E-state index in [2.05, 4.69) is 35.0 Å². The Morgan fingerprint density at radius 1 is 0.976 bits per heavy atom. The zero-order chi connectivity index (χ0) is 29.9. The summed E-state index contributed by atoms with van der Waals surface area (Å²) < 4.78 is 12.1. The van der Waals surface area contributed by atoms with Gasteiger partial charge in [-0.3, -0.25) is 14.4 Å². The number of carbonyl (C=O) groups is 3. The van der Waals surface area contributed by atoms with Gasteiger partial charge >= 0.3 is 11.8 Å². The normalized spacial score (nSPS) is 10.9. The number of nitrogens with one attached hydrogen (secondary N) is 3. The lowest BCUT2D eigenvalue weighted by Crippen LogP contribution is -2.37. The van der Waals surface area contributed by atoms with E-state index in [1.165, 1.54) is 11.8 Å². The molecule has 216 valence electrons. The van der Waals surface area contributed by atoms with E-state index >= 15 is 0 Å². The second-order valence-electron chi connectivity index (χ2n) is 9.04. The second kappa shape index (κ2) is 15.6. The van der Waals surface area contributed by atoms with Crippen LogP contribution in [0.3, 0.4) is 0 Å². The zero-order valence-electron chi connectivity index (χ0n) is 22.6. The maximum absolute atomic E-state index is 12.4. The van der Waals surface area contributed by atoms with Gasteiger partial charge in [-0.25, -0.2) is 5.43 Å². The molecule has 0 aliphatic carbocycles. The molecule has 0 aromatic heterocycles. The smallest absolute Gasteiger partial charge is 0.329 e. The van der Waals surface area contributed by atoms with Gasteiger partial charge in [0.1, 0.15) is 0 Å². The number of amides is 3. The summed E-state index contributed by atoms with van der Waals surface area (Å²) in [5, 5.41) is 9.92. The van der Waals surface area contributed by atoms with E-state index in [4.69, 9.17) is 32.7 Å². The molecule has 0 unspecified atom stereocenters. The lowest BCUT2D eigenvalue weighted by Gasteiger charge is -2.14. The van der Waals surface area contributed by atoms with Gasteiger partial charge in [0.2, 0.25) is 0 Å². The van der Waals surface area contributed by atoms with E-state index in [0.29, 0.717) is 48.9 Å². The number of hydrogen-bond acceptors (Lipinski definition) is 6. The summed E-state index contributed by atoms with van der Waals surface area (Å²) in [7, 11) is 0. The molecular weight excluding hydrogens is 682 g/mol. The molecule has 9 nitrogen and oxygen atoms in total. The van der Waals surface area contributed by atoms with Crippen LogP contribution in [0.25, 0.3) is 0 Å². The Balaban J connectivity index is 1.56. The summed E-state index contributed by atoms with van der Waals surface area (Å²) in [6.07, 6.45) is 1.37. The van der Waals surface area contributed by atoms with Crippen LogP contribution in [-0.4, -0.2) is 37.1 Å². The second-order valence-corrected chi connectivity index (χ2v) is 11.1. The van der Waals surface area contributed by atoms with E-state index in [1.54, 1.807) is 30.3 Å². The van der Waals surface area contributed by atoms with Gasteiger partial charge in [0.15, 0.2) is 18.1 Å². The monoisotopic (exact) mass is 710 g/mol. The van der Waals surface area contributed by atoms with Crippen LogP contribution in [0.2, 0.25) is 10.0 Å². The fourth-order valence-corrected chi connectivity index (χ4v) is 4.83. The van der Waals surface area contributed by atoms with Crippen molar-refractivity contribution in [3.8, 4) is 11.5 Å². The van der Waals surface area contributed by atoms with Gasteiger partial charge in [0.05, 0.1) is 16.4 Å². The Labute approximate surface area is 262 Å². The van der Waals surface area contributed by atoms with Crippen LogP contribution < -0.4 is 25.5 Å². The van der Waals surface area contributed by atoms with Gasteiger partial charge in [0, 0.05) is 22.3 Å². The number of hydrazone groups is 1. The molecule has 0 aliphatic heterocycles. The maximum atomic E-state index is 12.4. The minimum Gasteiger partial charge on any atom is -0.490 e. The van der Waals surface area contributed by atoms with E-state index in [9.17, 15) is 14.4 Å². The van der Waals surface area contributed by atoms with Crippen molar-refractivity contribution in [1.82, 2.24) is 10.7 Å². The molecule has 3 aromatic rings.